The Kier molecular flexibility index (Phi) is 9.43. The predicted octanol–water partition coefficient (Wildman–Crippen LogP) is 19.9. The van der Waals surface area contributed by atoms with Crippen LogP contribution in [0.4, 0.5) is 34.1 Å². The molecule has 14 rings (SSSR count). The van der Waals surface area contributed by atoms with Gasteiger partial charge in [-0.25, -0.2) is 0 Å². The molecule has 0 unspecified atom stereocenters. The highest BCUT2D eigenvalue weighted by atomic mass is 16.3. The second-order valence-electron chi connectivity index (χ2n) is 19.4. The van der Waals surface area contributed by atoms with Gasteiger partial charge >= 0.3 is 0 Å². The van der Waals surface area contributed by atoms with Crippen molar-refractivity contribution < 1.29 is 8.83 Å². The third-order valence-electron chi connectivity index (χ3n) is 15.3. The molecule has 12 aromatic carbocycles. The van der Waals surface area contributed by atoms with Gasteiger partial charge in [-0.1, -0.05) is 170 Å². The number of furan rings is 2. The summed E-state index contributed by atoms with van der Waals surface area (Å²) in [5, 5.41) is 11.5. The average molecular weight is 925 g/mol. The molecule has 342 valence electrons. The molecule has 0 aliphatic heterocycles. The van der Waals surface area contributed by atoms with Crippen molar-refractivity contribution in [3.8, 4) is 22.3 Å². The number of anilines is 6. The molecule has 0 amide bonds. The topological polar surface area (TPSA) is 32.8 Å². The standard InChI is InChI=1S/C68H48N2O2/c1-41-27-33-49(39-43(41)3)69(61-25-13-23-55-53-21-11-19-51(65(53)71-67(55)61)45-15-7-5-8-16-45)59-37-31-47-30-36-58-60(38-32-48-29-35-57(59)63(47)64(48)58)70(50-34-28-42(2)44(4)40-50)62-26-14-24-56-54-22-12-20-52(66(54)72-68(56)62)46-17-9-6-10-18-46/h5-40H,1-4H3. The number of aryl methyl sites for hydroxylation is 4. The van der Waals surface area contributed by atoms with E-state index in [-0.39, 0.29) is 0 Å². The van der Waals surface area contributed by atoms with Crippen LogP contribution in [-0.4, -0.2) is 0 Å². The van der Waals surface area contributed by atoms with Gasteiger partial charge in [-0.05, 0) is 131 Å². The van der Waals surface area contributed by atoms with Crippen molar-refractivity contribution in [1.29, 1.82) is 0 Å². The van der Waals surface area contributed by atoms with Gasteiger partial charge in [0.25, 0.3) is 0 Å². The third kappa shape index (κ3) is 6.39. The van der Waals surface area contributed by atoms with Gasteiger partial charge in [0.2, 0.25) is 0 Å². The highest BCUT2D eigenvalue weighted by Gasteiger charge is 2.27. The molecule has 0 saturated carbocycles. The molecule has 0 bridgehead atoms. The Morgan fingerprint density at radius 3 is 1.08 bits per heavy atom. The molecule has 0 fully saturated rings. The minimum atomic E-state index is 0.849. The van der Waals surface area contributed by atoms with E-state index in [1.807, 2.05) is 0 Å². The highest BCUT2D eigenvalue weighted by molar-refractivity contribution is 6.29. The van der Waals surface area contributed by atoms with Crippen LogP contribution in [0.2, 0.25) is 0 Å². The first-order valence-corrected chi connectivity index (χ1v) is 24.8. The molecule has 14 aromatic rings. The van der Waals surface area contributed by atoms with E-state index in [0.717, 1.165) is 111 Å². The minimum Gasteiger partial charge on any atom is -0.453 e. The van der Waals surface area contributed by atoms with E-state index in [4.69, 9.17) is 8.83 Å². The molecular weight excluding hydrogens is 877 g/mol. The van der Waals surface area contributed by atoms with Crippen LogP contribution in [-0.2, 0) is 0 Å². The Labute approximate surface area is 417 Å². The summed E-state index contributed by atoms with van der Waals surface area (Å²) in [6, 6.07) is 79.2. The minimum absolute atomic E-state index is 0.849. The lowest BCUT2D eigenvalue weighted by Gasteiger charge is -2.29. The lowest BCUT2D eigenvalue weighted by atomic mass is 9.91. The smallest absolute Gasteiger partial charge is 0.159 e. The number of fused-ring (bicyclic) bond motifs is 6. The summed E-state index contributed by atoms with van der Waals surface area (Å²) in [6.07, 6.45) is 0. The van der Waals surface area contributed by atoms with Crippen LogP contribution in [0.25, 0.3) is 98.4 Å². The number of hydrogen-bond acceptors (Lipinski definition) is 4. The highest BCUT2D eigenvalue weighted by Crippen LogP contribution is 2.51. The number of hydrogen-bond donors (Lipinski definition) is 0. The van der Waals surface area contributed by atoms with Gasteiger partial charge in [0.05, 0.1) is 22.7 Å². The molecule has 2 heterocycles. The molecule has 2 aromatic heterocycles. The van der Waals surface area contributed by atoms with Crippen LogP contribution >= 0.6 is 0 Å². The Balaban J connectivity index is 1.02. The zero-order valence-corrected chi connectivity index (χ0v) is 40.5. The van der Waals surface area contributed by atoms with E-state index >= 15 is 0 Å². The molecule has 4 nitrogen and oxygen atoms in total. The van der Waals surface area contributed by atoms with Crippen molar-refractivity contribution in [3.05, 3.63) is 241 Å². The molecule has 0 atom stereocenters. The maximum absolute atomic E-state index is 7.14. The summed E-state index contributed by atoms with van der Waals surface area (Å²) in [7, 11) is 0. The quantitative estimate of drug-likeness (QED) is 0.142. The van der Waals surface area contributed by atoms with Crippen molar-refractivity contribution in [1.82, 2.24) is 0 Å². The van der Waals surface area contributed by atoms with Crippen LogP contribution in [0.1, 0.15) is 22.3 Å². The van der Waals surface area contributed by atoms with Crippen molar-refractivity contribution in [2.24, 2.45) is 0 Å². The Morgan fingerprint density at radius 1 is 0.278 bits per heavy atom. The van der Waals surface area contributed by atoms with Crippen LogP contribution in [0.5, 0.6) is 0 Å². The molecule has 0 aliphatic carbocycles. The molecule has 0 spiro atoms. The number of rotatable bonds is 8. The van der Waals surface area contributed by atoms with E-state index in [1.165, 1.54) is 43.8 Å². The molecule has 72 heavy (non-hydrogen) atoms. The monoisotopic (exact) mass is 924 g/mol. The predicted molar refractivity (Wildman–Crippen MR) is 304 cm³/mol. The van der Waals surface area contributed by atoms with Gasteiger partial charge in [-0.2, -0.15) is 0 Å². The van der Waals surface area contributed by atoms with Gasteiger partial charge in [0.1, 0.15) is 11.2 Å². The Hall–Kier alpha value is -9.12. The second-order valence-corrected chi connectivity index (χ2v) is 19.4. The average Bonchev–Trinajstić information content (AvgIpc) is 4.01. The van der Waals surface area contributed by atoms with Crippen LogP contribution in [0, 0.1) is 27.7 Å². The first kappa shape index (κ1) is 41.8. The normalized spacial score (nSPS) is 11.9. The molecular formula is C68H48N2O2. The van der Waals surface area contributed by atoms with Crippen LogP contribution in [0.3, 0.4) is 0 Å². The van der Waals surface area contributed by atoms with Crippen LogP contribution in [0.15, 0.2) is 227 Å². The van der Waals surface area contributed by atoms with Gasteiger partial charge in [0.15, 0.2) is 11.2 Å². The van der Waals surface area contributed by atoms with Crippen molar-refractivity contribution in [2.45, 2.75) is 27.7 Å². The van der Waals surface area contributed by atoms with E-state index < -0.39 is 0 Å². The molecule has 0 radical (unpaired) electrons. The lowest BCUT2D eigenvalue weighted by molar-refractivity contribution is 0.670. The maximum Gasteiger partial charge on any atom is 0.159 e. The van der Waals surface area contributed by atoms with E-state index in [2.05, 4.69) is 256 Å². The number of nitrogens with zero attached hydrogens (tertiary/aromatic N) is 2. The summed E-state index contributed by atoms with van der Waals surface area (Å²) < 4.78 is 14.3. The van der Waals surface area contributed by atoms with Gasteiger partial charge < -0.3 is 18.6 Å². The maximum atomic E-state index is 7.14. The van der Waals surface area contributed by atoms with Crippen molar-refractivity contribution in [2.75, 3.05) is 9.80 Å². The number of benzene rings is 12. The first-order valence-electron chi connectivity index (χ1n) is 24.8. The molecule has 0 saturated heterocycles. The largest absolute Gasteiger partial charge is 0.453 e. The third-order valence-corrected chi connectivity index (χ3v) is 15.3. The molecule has 0 aliphatic rings. The molecule has 0 N–H and O–H groups in total. The van der Waals surface area contributed by atoms with Crippen molar-refractivity contribution in [3.63, 3.8) is 0 Å². The second kappa shape index (κ2) is 16.2. The van der Waals surface area contributed by atoms with Gasteiger partial charge in [0, 0.05) is 54.8 Å². The van der Waals surface area contributed by atoms with Gasteiger partial charge in [-0.15, -0.1) is 0 Å². The van der Waals surface area contributed by atoms with E-state index in [9.17, 15) is 0 Å². The fourth-order valence-corrected chi connectivity index (χ4v) is 11.4. The van der Waals surface area contributed by atoms with Gasteiger partial charge in [-0.3, -0.25) is 0 Å². The SMILES string of the molecule is Cc1ccc(N(c2ccc3ccc4c(N(c5ccc(C)c(C)c5)c5cccc6c5oc5c(-c7ccccc7)cccc56)ccc5ccc2c3c54)c2cccc3c2oc2c(-c4ccccc4)cccc23)cc1C. The Morgan fingerprint density at radius 2 is 0.667 bits per heavy atom. The fraction of sp³-hybridized carbons (Fsp3) is 0.0588. The summed E-state index contributed by atoms with van der Waals surface area (Å²) in [5.41, 5.74) is 19.1. The summed E-state index contributed by atoms with van der Waals surface area (Å²) in [5.74, 6) is 0. The summed E-state index contributed by atoms with van der Waals surface area (Å²) >= 11 is 0. The van der Waals surface area contributed by atoms with E-state index in [1.54, 1.807) is 0 Å². The summed E-state index contributed by atoms with van der Waals surface area (Å²) in [4.78, 5) is 4.83. The zero-order chi connectivity index (χ0) is 48.2. The zero-order valence-electron chi connectivity index (χ0n) is 40.5. The van der Waals surface area contributed by atoms with E-state index in [0.29, 0.717) is 0 Å². The van der Waals surface area contributed by atoms with Crippen LogP contribution < -0.4 is 9.80 Å². The number of para-hydroxylation sites is 4. The summed E-state index contributed by atoms with van der Waals surface area (Å²) in [6.45, 7) is 8.76. The first-order chi connectivity index (χ1) is 35.4. The fourth-order valence-electron chi connectivity index (χ4n) is 11.4. The Bertz CT molecular complexity index is 4160. The lowest BCUT2D eigenvalue weighted by Crippen LogP contribution is -2.12. The molecule has 4 heteroatoms. The van der Waals surface area contributed by atoms with Crippen molar-refractivity contribution >= 4 is 110 Å².